The highest BCUT2D eigenvalue weighted by Gasteiger charge is 2.32. The van der Waals surface area contributed by atoms with Crippen LogP contribution >= 0.6 is 0 Å². The molecule has 1 aliphatic rings. The lowest BCUT2D eigenvalue weighted by Gasteiger charge is -2.27. The number of unbranched alkanes of at least 4 members (excludes halogenated alkanes) is 1. The molecule has 1 aliphatic heterocycles. The number of hydrogen-bond acceptors (Lipinski definition) is 6. The Kier molecular flexibility index (Phi) is 7.97. The summed E-state index contributed by atoms with van der Waals surface area (Å²) >= 11 is 0. The zero-order valence-electron chi connectivity index (χ0n) is 19.2. The zero-order valence-corrected chi connectivity index (χ0v) is 20.0. The Labute approximate surface area is 194 Å². The van der Waals surface area contributed by atoms with Gasteiger partial charge in [0.25, 0.3) is 10.0 Å². The molecule has 7 nitrogen and oxygen atoms in total. The maximum atomic E-state index is 13.3. The first kappa shape index (κ1) is 25.0. The van der Waals surface area contributed by atoms with Gasteiger partial charge >= 0.3 is 6.09 Å². The Morgan fingerprint density at radius 2 is 1.85 bits per heavy atom. The predicted molar refractivity (Wildman–Crippen MR) is 123 cm³/mol. The number of nitrogens with one attached hydrogen (secondary N) is 1. The number of sulfonamides is 1. The highest BCUT2D eigenvalue weighted by molar-refractivity contribution is 7.89. The molecule has 0 saturated heterocycles. The van der Waals surface area contributed by atoms with E-state index in [0.29, 0.717) is 25.9 Å². The van der Waals surface area contributed by atoms with Crippen LogP contribution in [0.1, 0.15) is 39.2 Å². The first-order valence-corrected chi connectivity index (χ1v) is 12.5. The number of rotatable bonds is 9. The number of carbonyl (C=O) groups is 1. The van der Waals surface area contributed by atoms with Crippen LogP contribution in [0, 0.1) is 5.82 Å². The summed E-state index contributed by atoms with van der Waals surface area (Å²) in [7, 11) is -4.17. The van der Waals surface area contributed by atoms with Gasteiger partial charge in [-0.15, -0.1) is 0 Å². The van der Waals surface area contributed by atoms with Crippen molar-refractivity contribution in [2.75, 3.05) is 19.6 Å². The van der Waals surface area contributed by atoms with Crippen LogP contribution in [0.25, 0.3) is 0 Å². The predicted octanol–water partition coefficient (Wildman–Crippen LogP) is 4.13. The van der Waals surface area contributed by atoms with Gasteiger partial charge in [-0.3, -0.25) is 0 Å². The van der Waals surface area contributed by atoms with Gasteiger partial charge in [0.1, 0.15) is 23.3 Å². The second-order valence-electron chi connectivity index (χ2n) is 8.97. The van der Waals surface area contributed by atoms with Crippen molar-refractivity contribution in [3.05, 3.63) is 59.9 Å². The molecule has 1 heterocycles. The van der Waals surface area contributed by atoms with Gasteiger partial charge < -0.3 is 14.8 Å². The molecular weight excluding hydrogens is 447 g/mol. The minimum Gasteiger partial charge on any atom is -0.488 e. The van der Waals surface area contributed by atoms with E-state index in [1.807, 2.05) is 18.2 Å². The van der Waals surface area contributed by atoms with Crippen LogP contribution in [0.3, 0.4) is 0 Å². The molecular formula is C24H31FN2O5S. The molecule has 9 heteroatoms. The highest BCUT2D eigenvalue weighted by atomic mass is 32.2. The van der Waals surface area contributed by atoms with Crippen molar-refractivity contribution in [1.82, 2.24) is 9.62 Å². The van der Waals surface area contributed by atoms with Crippen LogP contribution in [0.4, 0.5) is 9.18 Å². The molecule has 0 saturated carbocycles. The standard InChI is InChI=1S/C24H31FN2O5S/c1-24(2,3)32-23(28)27(33(29,30)21-12-10-19(25)11-13-21)15-7-6-14-26-17-20-16-18-8-4-5-9-22(18)31-20/h4-5,8-13,20,26H,6-7,14-17H2,1-3H3. The molecule has 33 heavy (non-hydrogen) atoms. The largest absolute Gasteiger partial charge is 0.488 e. The summed E-state index contributed by atoms with van der Waals surface area (Å²) < 4.78 is 51.3. The van der Waals surface area contributed by atoms with Crippen molar-refractivity contribution < 1.29 is 27.1 Å². The molecule has 2 aromatic carbocycles. The number of fused-ring (bicyclic) bond motifs is 1. The number of carbonyl (C=O) groups excluding carboxylic acids is 1. The molecule has 0 aromatic heterocycles. The fraction of sp³-hybridized carbons (Fsp3) is 0.458. The van der Waals surface area contributed by atoms with E-state index in [4.69, 9.17) is 9.47 Å². The van der Waals surface area contributed by atoms with Crippen LogP contribution in [0.5, 0.6) is 5.75 Å². The van der Waals surface area contributed by atoms with Crippen LogP contribution in [0.2, 0.25) is 0 Å². The van der Waals surface area contributed by atoms with Crippen LogP contribution in [0.15, 0.2) is 53.4 Å². The average molecular weight is 479 g/mol. The van der Waals surface area contributed by atoms with E-state index in [1.165, 1.54) is 5.56 Å². The van der Waals surface area contributed by atoms with E-state index in [2.05, 4.69) is 11.4 Å². The van der Waals surface area contributed by atoms with Crippen LogP contribution in [-0.2, 0) is 21.2 Å². The normalized spacial score (nSPS) is 15.6. The lowest BCUT2D eigenvalue weighted by atomic mass is 10.1. The summed E-state index contributed by atoms with van der Waals surface area (Å²) in [6.45, 7) is 6.29. The average Bonchev–Trinajstić information content (AvgIpc) is 3.14. The van der Waals surface area contributed by atoms with E-state index in [9.17, 15) is 17.6 Å². The van der Waals surface area contributed by atoms with E-state index >= 15 is 0 Å². The summed E-state index contributed by atoms with van der Waals surface area (Å²) in [4.78, 5) is 12.5. The van der Waals surface area contributed by atoms with Gasteiger partial charge in [-0.05, 0) is 76.1 Å². The Hall–Kier alpha value is -2.65. The number of para-hydroxylation sites is 1. The second-order valence-corrected chi connectivity index (χ2v) is 10.8. The fourth-order valence-electron chi connectivity index (χ4n) is 3.49. The molecule has 0 bridgehead atoms. The minimum atomic E-state index is -4.17. The zero-order chi connectivity index (χ0) is 24.1. The SMILES string of the molecule is CC(C)(C)OC(=O)N(CCCCNCC1Cc2ccccc2O1)S(=O)(=O)c1ccc(F)cc1. The fourth-order valence-corrected chi connectivity index (χ4v) is 4.83. The molecule has 1 N–H and O–H groups in total. The highest BCUT2D eigenvalue weighted by Crippen LogP contribution is 2.27. The van der Waals surface area contributed by atoms with Crippen molar-refractivity contribution in [3.8, 4) is 5.75 Å². The van der Waals surface area contributed by atoms with Gasteiger partial charge in [0.05, 0.1) is 4.90 Å². The lowest BCUT2D eigenvalue weighted by molar-refractivity contribution is 0.0389. The van der Waals surface area contributed by atoms with E-state index < -0.39 is 27.5 Å². The molecule has 0 radical (unpaired) electrons. The van der Waals surface area contributed by atoms with Gasteiger partial charge in [-0.2, -0.15) is 0 Å². The summed E-state index contributed by atoms with van der Waals surface area (Å²) in [5.74, 6) is 0.362. The molecule has 180 valence electrons. The monoisotopic (exact) mass is 478 g/mol. The third-order valence-electron chi connectivity index (χ3n) is 5.05. The summed E-state index contributed by atoms with van der Waals surface area (Å²) in [5.41, 5.74) is 0.344. The first-order valence-electron chi connectivity index (χ1n) is 11.0. The number of benzene rings is 2. The molecule has 0 fully saturated rings. The Balaban J connectivity index is 1.52. The smallest absolute Gasteiger partial charge is 0.424 e. The van der Waals surface area contributed by atoms with Crippen molar-refractivity contribution in [2.24, 2.45) is 0 Å². The number of ether oxygens (including phenoxy) is 2. The third-order valence-corrected chi connectivity index (χ3v) is 6.83. The van der Waals surface area contributed by atoms with Gasteiger partial charge in [0.15, 0.2) is 0 Å². The maximum Gasteiger partial charge on any atom is 0.424 e. The third kappa shape index (κ3) is 6.91. The number of hydrogen-bond donors (Lipinski definition) is 1. The molecule has 1 amide bonds. The first-order chi connectivity index (χ1) is 15.6. The van der Waals surface area contributed by atoms with Gasteiger partial charge in [0.2, 0.25) is 0 Å². The van der Waals surface area contributed by atoms with Crippen molar-refractivity contribution in [1.29, 1.82) is 0 Å². The number of halogens is 1. The lowest BCUT2D eigenvalue weighted by Crippen LogP contribution is -2.41. The van der Waals surface area contributed by atoms with Crippen molar-refractivity contribution in [3.63, 3.8) is 0 Å². The Morgan fingerprint density at radius 1 is 1.15 bits per heavy atom. The topological polar surface area (TPSA) is 84.9 Å². The molecule has 1 atom stereocenters. The van der Waals surface area contributed by atoms with Gasteiger partial charge in [-0.25, -0.2) is 21.9 Å². The molecule has 1 unspecified atom stereocenters. The quantitative estimate of drug-likeness (QED) is 0.546. The minimum absolute atomic E-state index is 0.0400. The maximum absolute atomic E-state index is 13.3. The number of nitrogens with zero attached hydrogens (tertiary/aromatic N) is 1. The Morgan fingerprint density at radius 3 is 2.52 bits per heavy atom. The van der Waals surface area contributed by atoms with E-state index in [0.717, 1.165) is 40.7 Å². The molecule has 2 aromatic rings. The van der Waals surface area contributed by atoms with Crippen LogP contribution in [-0.4, -0.2) is 50.2 Å². The molecule has 0 aliphatic carbocycles. The Bertz CT molecular complexity index is 1030. The van der Waals surface area contributed by atoms with Crippen LogP contribution < -0.4 is 10.1 Å². The second kappa shape index (κ2) is 10.5. The van der Waals surface area contributed by atoms with E-state index in [1.54, 1.807) is 20.8 Å². The summed E-state index contributed by atoms with van der Waals surface area (Å²) in [5, 5.41) is 3.33. The number of amides is 1. The van der Waals surface area contributed by atoms with Gasteiger partial charge in [0, 0.05) is 19.5 Å². The molecule has 0 spiro atoms. The van der Waals surface area contributed by atoms with Gasteiger partial charge in [-0.1, -0.05) is 18.2 Å². The van der Waals surface area contributed by atoms with E-state index in [-0.39, 0.29) is 17.5 Å². The van der Waals surface area contributed by atoms with Crippen molar-refractivity contribution in [2.45, 2.75) is 56.6 Å². The summed E-state index contributed by atoms with van der Waals surface area (Å²) in [6.07, 6.45) is 1.07. The molecule has 3 rings (SSSR count). The summed E-state index contributed by atoms with van der Waals surface area (Å²) in [6, 6.07) is 12.3. The van der Waals surface area contributed by atoms with Crippen molar-refractivity contribution >= 4 is 16.1 Å².